The van der Waals surface area contributed by atoms with Crippen molar-refractivity contribution in [1.29, 1.82) is 0 Å². The Labute approximate surface area is 133 Å². The van der Waals surface area contributed by atoms with Crippen LogP contribution in [0.3, 0.4) is 0 Å². The summed E-state index contributed by atoms with van der Waals surface area (Å²) in [7, 11) is 4.25. The van der Waals surface area contributed by atoms with Crippen LogP contribution >= 0.6 is 0 Å². The van der Waals surface area contributed by atoms with Crippen LogP contribution in [-0.4, -0.2) is 89.3 Å². The van der Waals surface area contributed by atoms with Crippen molar-refractivity contribution in [1.82, 2.24) is 24.3 Å². The molecule has 0 saturated carbocycles. The van der Waals surface area contributed by atoms with Gasteiger partial charge in [-0.2, -0.15) is 0 Å². The van der Waals surface area contributed by atoms with E-state index in [9.17, 15) is 0 Å². The van der Waals surface area contributed by atoms with Gasteiger partial charge in [-0.1, -0.05) is 0 Å². The summed E-state index contributed by atoms with van der Waals surface area (Å²) in [5.41, 5.74) is 0. The summed E-state index contributed by atoms with van der Waals surface area (Å²) in [6.07, 6.45) is 4.27. The topological polar surface area (TPSA) is 36.8 Å². The first-order valence-corrected chi connectivity index (χ1v) is 8.34. The maximum absolute atomic E-state index is 5.90. The average Bonchev–Trinajstić information content (AvgIpc) is 2.87. The molecule has 2 saturated heterocycles. The van der Waals surface area contributed by atoms with Crippen molar-refractivity contribution in [3.8, 4) is 0 Å². The van der Waals surface area contributed by atoms with Crippen LogP contribution in [0.2, 0.25) is 0 Å². The quantitative estimate of drug-likeness (QED) is 0.797. The molecule has 6 heteroatoms. The molecule has 1 aromatic heterocycles. The number of likely N-dealkylation sites (N-methyl/N-ethyl adjacent to an activating group) is 1. The van der Waals surface area contributed by atoms with Gasteiger partial charge in [-0.3, -0.25) is 9.80 Å². The van der Waals surface area contributed by atoms with Crippen LogP contribution in [-0.2, 0) is 18.3 Å². The number of hydrogen-bond donors (Lipinski definition) is 0. The highest BCUT2D eigenvalue weighted by atomic mass is 16.5. The van der Waals surface area contributed by atoms with Gasteiger partial charge in [0.05, 0.1) is 19.3 Å². The van der Waals surface area contributed by atoms with E-state index in [2.05, 4.69) is 45.3 Å². The molecule has 0 aromatic carbocycles. The molecule has 6 nitrogen and oxygen atoms in total. The third-order valence-corrected chi connectivity index (χ3v) is 4.92. The Morgan fingerprint density at radius 2 is 2.09 bits per heavy atom. The van der Waals surface area contributed by atoms with E-state index in [4.69, 9.17) is 4.74 Å². The normalized spacial score (nSPS) is 29.0. The SMILES string of the molecule is C[C@@H]1CN(C[C@H]2CN(C)CCO2)CCN1Cc1nccn1C. The summed E-state index contributed by atoms with van der Waals surface area (Å²) in [5, 5.41) is 0. The number of rotatable bonds is 4. The monoisotopic (exact) mass is 307 g/mol. The minimum atomic E-state index is 0.368. The molecular weight excluding hydrogens is 278 g/mol. The molecule has 2 aliphatic heterocycles. The number of imidazole rings is 1. The highest BCUT2D eigenvalue weighted by Crippen LogP contribution is 2.14. The van der Waals surface area contributed by atoms with Gasteiger partial charge in [0.15, 0.2) is 0 Å². The van der Waals surface area contributed by atoms with Crippen molar-refractivity contribution >= 4 is 0 Å². The Bertz CT molecular complexity index is 477. The third-order valence-electron chi connectivity index (χ3n) is 4.92. The lowest BCUT2D eigenvalue weighted by molar-refractivity contribution is -0.0460. The van der Waals surface area contributed by atoms with Crippen LogP contribution in [0.1, 0.15) is 12.7 Å². The van der Waals surface area contributed by atoms with Gasteiger partial charge in [0.2, 0.25) is 0 Å². The highest BCUT2D eigenvalue weighted by molar-refractivity contribution is 4.93. The van der Waals surface area contributed by atoms with Crippen LogP contribution in [0.15, 0.2) is 12.4 Å². The van der Waals surface area contributed by atoms with Crippen LogP contribution in [0.25, 0.3) is 0 Å². The van der Waals surface area contributed by atoms with Gasteiger partial charge in [0, 0.05) is 64.8 Å². The average molecular weight is 307 g/mol. The molecule has 0 aliphatic carbocycles. The van der Waals surface area contributed by atoms with Crippen molar-refractivity contribution < 1.29 is 4.74 Å². The molecule has 2 atom stereocenters. The molecule has 2 aliphatic rings. The molecule has 0 N–H and O–H groups in total. The zero-order chi connectivity index (χ0) is 15.5. The summed E-state index contributed by atoms with van der Waals surface area (Å²) in [4.78, 5) is 11.9. The Kier molecular flexibility index (Phi) is 5.13. The number of ether oxygens (including phenoxy) is 1. The molecule has 0 radical (unpaired) electrons. The number of morpholine rings is 1. The second kappa shape index (κ2) is 7.08. The fraction of sp³-hybridized carbons (Fsp3) is 0.812. The zero-order valence-electron chi connectivity index (χ0n) is 14.1. The zero-order valence-corrected chi connectivity index (χ0v) is 14.1. The van der Waals surface area contributed by atoms with E-state index < -0.39 is 0 Å². The van der Waals surface area contributed by atoms with Crippen molar-refractivity contribution in [3.63, 3.8) is 0 Å². The summed E-state index contributed by atoms with van der Waals surface area (Å²) >= 11 is 0. The molecule has 3 rings (SSSR count). The Hall–Kier alpha value is -0.950. The van der Waals surface area contributed by atoms with Gasteiger partial charge in [-0.05, 0) is 14.0 Å². The smallest absolute Gasteiger partial charge is 0.122 e. The van der Waals surface area contributed by atoms with Crippen LogP contribution in [0.4, 0.5) is 0 Å². The van der Waals surface area contributed by atoms with Gasteiger partial charge in [-0.15, -0.1) is 0 Å². The third kappa shape index (κ3) is 3.87. The summed E-state index contributed by atoms with van der Waals surface area (Å²) in [5.74, 6) is 1.15. The van der Waals surface area contributed by atoms with E-state index in [1.807, 2.05) is 12.4 Å². The molecule has 22 heavy (non-hydrogen) atoms. The van der Waals surface area contributed by atoms with E-state index in [1.165, 1.54) is 0 Å². The van der Waals surface area contributed by atoms with Crippen molar-refractivity contribution in [2.75, 3.05) is 52.9 Å². The highest BCUT2D eigenvalue weighted by Gasteiger charge is 2.27. The maximum atomic E-state index is 5.90. The van der Waals surface area contributed by atoms with E-state index in [0.29, 0.717) is 12.1 Å². The minimum Gasteiger partial charge on any atom is -0.374 e. The molecule has 0 unspecified atom stereocenters. The molecule has 1 aromatic rings. The molecule has 3 heterocycles. The number of aryl methyl sites for hydroxylation is 1. The molecule has 0 amide bonds. The Balaban J connectivity index is 1.48. The Morgan fingerprint density at radius 3 is 2.77 bits per heavy atom. The predicted octanol–water partition coefficient (Wildman–Crippen LogP) is 0.257. The van der Waals surface area contributed by atoms with Gasteiger partial charge in [0.1, 0.15) is 5.82 Å². The summed E-state index contributed by atoms with van der Waals surface area (Å²) in [6, 6.07) is 0.562. The fourth-order valence-corrected chi connectivity index (χ4v) is 3.47. The van der Waals surface area contributed by atoms with Crippen LogP contribution < -0.4 is 0 Å². The van der Waals surface area contributed by atoms with E-state index in [0.717, 1.165) is 58.2 Å². The van der Waals surface area contributed by atoms with E-state index in [-0.39, 0.29) is 0 Å². The first-order chi connectivity index (χ1) is 10.6. The number of hydrogen-bond acceptors (Lipinski definition) is 5. The summed E-state index contributed by atoms with van der Waals surface area (Å²) < 4.78 is 8.02. The van der Waals surface area contributed by atoms with Gasteiger partial charge in [-0.25, -0.2) is 4.98 Å². The molecule has 0 spiro atoms. The number of piperazine rings is 1. The molecular formula is C16H29N5O. The van der Waals surface area contributed by atoms with Gasteiger partial charge < -0.3 is 14.2 Å². The maximum Gasteiger partial charge on any atom is 0.122 e. The second-order valence-corrected chi connectivity index (χ2v) is 6.79. The largest absolute Gasteiger partial charge is 0.374 e. The Morgan fingerprint density at radius 1 is 1.23 bits per heavy atom. The predicted molar refractivity (Wildman–Crippen MR) is 86.8 cm³/mol. The van der Waals surface area contributed by atoms with Crippen LogP contribution in [0, 0.1) is 0 Å². The molecule has 0 bridgehead atoms. The first-order valence-electron chi connectivity index (χ1n) is 8.34. The van der Waals surface area contributed by atoms with Crippen molar-refractivity contribution in [3.05, 3.63) is 18.2 Å². The minimum absolute atomic E-state index is 0.368. The second-order valence-electron chi connectivity index (χ2n) is 6.79. The lowest BCUT2D eigenvalue weighted by atomic mass is 10.1. The number of aromatic nitrogens is 2. The number of nitrogens with zero attached hydrogens (tertiary/aromatic N) is 5. The molecule has 2 fully saturated rings. The summed E-state index contributed by atoms with van der Waals surface area (Å²) in [6.45, 7) is 10.7. The lowest BCUT2D eigenvalue weighted by Gasteiger charge is -2.41. The standard InChI is InChI=1S/C16H29N5O/c1-14-10-20(12-15-11-18(2)8-9-22-15)6-7-21(14)13-16-17-4-5-19(16)3/h4-5,14-15H,6-13H2,1-3H3/t14-,15-/m1/s1. The lowest BCUT2D eigenvalue weighted by Crippen LogP contribution is -2.55. The van der Waals surface area contributed by atoms with Gasteiger partial charge in [0.25, 0.3) is 0 Å². The van der Waals surface area contributed by atoms with Crippen molar-refractivity contribution in [2.45, 2.75) is 25.6 Å². The van der Waals surface area contributed by atoms with Crippen LogP contribution in [0.5, 0.6) is 0 Å². The van der Waals surface area contributed by atoms with E-state index >= 15 is 0 Å². The van der Waals surface area contributed by atoms with Crippen molar-refractivity contribution in [2.24, 2.45) is 7.05 Å². The molecule has 124 valence electrons. The first kappa shape index (κ1) is 15.9. The van der Waals surface area contributed by atoms with Gasteiger partial charge >= 0.3 is 0 Å². The fourth-order valence-electron chi connectivity index (χ4n) is 3.47. The van der Waals surface area contributed by atoms with E-state index in [1.54, 1.807) is 0 Å².